The monoisotopic (exact) mass is 644 g/mol. The minimum absolute atomic E-state index is 0.688. The Hall–Kier alpha value is -6.30. The highest BCUT2D eigenvalue weighted by Crippen LogP contribution is 2.40. The highest BCUT2D eigenvalue weighted by molar-refractivity contribution is 7.26. The molecule has 0 fully saturated rings. The van der Waals surface area contributed by atoms with Crippen LogP contribution >= 0.6 is 11.3 Å². The summed E-state index contributed by atoms with van der Waals surface area (Å²) in [6.45, 7) is 0. The first-order valence-corrected chi connectivity index (χ1v) is 17.0. The van der Waals surface area contributed by atoms with Crippen LogP contribution in [0, 0.1) is 0 Å². The lowest BCUT2D eigenvalue weighted by molar-refractivity contribution is 1.18. The van der Waals surface area contributed by atoms with Crippen LogP contribution < -0.4 is 0 Å². The van der Waals surface area contributed by atoms with Crippen molar-refractivity contribution in [1.82, 2.24) is 19.9 Å². The molecular weight excluding hydrogens is 617 g/mol. The van der Waals surface area contributed by atoms with E-state index in [0.29, 0.717) is 5.82 Å². The molecule has 0 aliphatic rings. The fraction of sp³-hybridized carbons (Fsp3) is 0. The van der Waals surface area contributed by atoms with Gasteiger partial charge in [-0.2, -0.15) is 0 Å². The second-order valence-corrected chi connectivity index (χ2v) is 12.9. The lowest BCUT2D eigenvalue weighted by atomic mass is 9.99. The van der Waals surface area contributed by atoms with Crippen LogP contribution in [0.2, 0.25) is 0 Å². The van der Waals surface area contributed by atoms with Crippen molar-refractivity contribution in [2.24, 2.45) is 0 Å². The van der Waals surface area contributed by atoms with Crippen LogP contribution in [0.5, 0.6) is 0 Å². The molecule has 0 atom stereocenters. The summed E-state index contributed by atoms with van der Waals surface area (Å²) in [5.41, 5.74) is 11.0. The predicted octanol–water partition coefficient (Wildman–Crippen LogP) is 11.6. The maximum absolute atomic E-state index is 5.19. The number of hydrogen-bond acceptors (Lipinski definition) is 5. The van der Waals surface area contributed by atoms with Crippen LogP contribution in [0.4, 0.5) is 0 Å². The van der Waals surface area contributed by atoms with Crippen molar-refractivity contribution in [3.05, 3.63) is 170 Å². The van der Waals surface area contributed by atoms with E-state index < -0.39 is 0 Å². The standard InChI is InChI=1S/C44H28N4S/c1-4-14-29(15-5-1)37-28-38(30-16-6-2-7-17-30)46-44(45-37)35-23-13-21-33(27-35)32-20-12-22-34(26-32)40-42-41(36-24-10-11-25-39(36)49-42)48-43(47-40)31-18-8-3-9-19-31/h1-28H. The predicted molar refractivity (Wildman–Crippen MR) is 203 cm³/mol. The molecule has 9 aromatic rings. The van der Waals surface area contributed by atoms with Gasteiger partial charge in [-0.25, -0.2) is 19.9 Å². The number of thiophene rings is 1. The quantitative estimate of drug-likeness (QED) is 0.181. The third-order valence-corrected chi connectivity index (χ3v) is 9.87. The molecule has 0 saturated heterocycles. The third kappa shape index (κ3) is 5.56. The molecular formula is C44H28N4S. The van der Waals surface area contributed by atoms with Gasteiger partial charge in [0.1, 0.15) is 0 Å². The first-order chi connectivity index (χ1) is 24.3. The second-order valence-electron chi connectivity index (χ2n) is 11.9. The lowest BCUT2D eigenvalue weighted by Crippen LogP contribution is -1.96. The van der Waals surface area contributed by atoms with Crippen LogP contribution in [0.15, 0.2) is 170 Å². The minimum Gasteiger partial charge on any atom is -0.228 e. The van der Waals surface area contributed by atoms with E-state index in [1.165, 1.54) is 4.70 Å². The molecule has 6 aromatic carbocycles. The smallest absolute Gasteiger partial charge is 0.160 e. The van der Waals surface area contributed by atoms with E-state index in [-0.39, 0.29) is 0 Å². The first-order valence-electron chi connectivity index (χ1n) is 16.2. The summed E-state index contributed by atoms with van der Waals surface area (Å²) in [4.78, 5) is 20.4. The summed E-state index contributed by atoms with van der Waals surface area (Å²) in [5.74, 6) is 1.41. The number of aromatic nitrogens is 4. The lowest BCUT2D eigenvalue weighted by Gasteiger charge is -2.11. The molecule has 0 bridgehead atoms. The SMILES string of the molecule is c1ccc(-c2cc(-c3ccccc3)nc(-c3cccc(-c4cccc(-c5nc(-c6ccccc6)nc6c5sc5ccccc56)c4)c3)n2)cc1. The Morgan fingerprint density at radius 2 is 0.837 bits per heavy atom. The van der Waals surface area contributed by atoms with E-state index in [9.17, 15) is 0 Å². The normalized spacial score (nSPS) is 11.3. The number of rotatable bonds is 6. The van der Waals surface area contributed by atoms with E-state index in [1.54, 1.807) is 11.3 Å². The van der Waals surface area contributed by atoms with Gasteiger partial charge in [-0.15, -0.1) is 11.3 Å². The summed E-state index contributed by atoms with van der Waals surface area (Å²) >= 11 is 1.75. The molecule has 0 saturated carbocycles. The summed E-state index contributed by atoms with van der Waals surface area (Å²) < 4.78 is 2.29. The van der Waals surface area contributed by atoms with E-state index >= 15 is 0 Å². The molecule has 3 heterocycles. The van der Waals surface area contributed by atoms with E-state index in [2.05, 4.69) is 115 Å². The average molecular weight is 645 g/mol. The van der Waals surface area contributed by atoms with Crippen molar-refractivity contribution in [2.75, 3.05) is 0 Å². The molecule has 230 valence electrons. The van der Waals surface area contributed by atoms with E-state index in [4.69, 9.17) is 19.9 Å². The molecule has 0 radical (unpaired) electrons. The van der Waals surface area contributed by atoms with Crippen molar-refractivity contribution in [3.63, 3.8) is 0 Å². The van der Waals surface area contributed by atoms with Gasteiger partial charge in [-0.1, -0.05) is 146 Å². The minimum atomic E-state index is 0.688. The fourth-order valence-corrected chi connectivity index (χ4v) is 7.43. The third-order valence-electron chi connectivity index (χ3n) is 8.71. The molecule has 0 spiro atoms. The molecule has 0 aliphatic heterocycles. The molecule has 0 amide bonds. The Morgan fingerprint density at radius 1 is 0.347 bits per heavy atom. The number of fused-ring (bicyclic) bond motifs is 3. The van der Waals surface area contributed by atoms with Crippen molar-refractivity contribution >= 4 is 31.6 Å². The molecule has 9 rings (SSSR count). The molecule has 49 heavy (non-hydrogen) atoms. The van der Waals surface area contributed by atoms with Crippen LogP contribution in [-0.2, 0) is 0 Å². The van der Waals surface area contributed by atoms with Gasteiger partial charge in [0.2, 0.25) is 0 Å². The Morgan fingerprint density at radius 3 is 1.49 bits per heavy atom. The Bertz CT molecular complexity index is 2540. The number of nitrogens with zero attached hydrogens (tertiary/aromatic N) is 4. The molecule has 5 heteroatoms. The van der Waals surface area contributed by atoms with E-state index in [1.807, 2.05) is 54.6 Å². The zero-order valence-corrected chi connectivity index (χ0v) is 27.2. The molecule has 0 unspecified atom stereocenters. The van der Waals surface area contributed by atoms with Gasteiger partial charge < -0.3 is 0 Å². The summed E-state index contributed by atoms with van der Waals surface area (Å²) in [7, 11) is 0. The highest BCUT2D eigenvalue weighted by Gasteiger charge is 2.17. The van der Waals surface area contributed by atoms with Crippen molar-refractivity contribution < 1.29 is 0 Å². The molecule has 3 aromatic heterocycles. The van der Waals surface area contributed by atoms with Gasteiger partial charge >= 0.3 is 0 Å². The Kier molecular flexibility index (Phi) is 7.30. The van der Waals surface area contributed by atoms with Gasteiger partial charge in [0.25, 0.3) is 0 Å². The largest absolute Gasteiger partial charge is 0.228 e. The van der Waals surface area contributed by atoms with Crippen LogP contribution in [-0.4, -0.2) is 19.9 Å². The van der Waals surface area contributed by atoms with E-state index in [0.717, 1.165) is 77.5 Å². The number of benzene rings is 6. The first kappa shape index (κ1) is 28.9. The average Bonchev–Trinajstić information content (AvgIpc) is 3.57. The zero-order chi connectivity index (χ0) is 32.6. The van der Waals surface area contributed by atoms with Gasteiger partial charge in [0.15, 0.2) is 11.6 Å². The van der Waals surface area contributed by atoms with Crippen molar-refractivity contribution in [3.8, 4) is 67.7 Å². The van der Waals surface area contributed by atoms with Crippen LogP contribution in [0.3, 0.4) is 0 Å². The second kappa shape index (κ2) is 12.4. The van der Waals surface area contributed by atoms with Gasteiger partial charge in [0, 0.05) is 37.9 Å². The van der Waals surface area contributed by atoms with Gasteiger partial charge in [-0.3, -0.25) is 0 Å². The topological polar surface area (TPSA) is 51.6 Å². The Balaban J connectivity index is 1.17. The van der Waals surface area contributed by atoms with Crippen molar-refractivity contribution in [2.45, 2.75) is 0 Å². The maximum Gasteiger partial charge on any atom is 0.160 e. The van der Waals surface area contributed by atoms with Gasteiger partial charge in [-0.05, 0) is 35.4 Å². The van der Waals surface area contributed by atoms with Gasteiger partial charge in [0.05, 0.1) is 27.3 Å². The zero-order valence-electron chi connectivity index (χ0n) is 26.4. The fourth-order valence-electron chi connectivity index (χ4n) is 6.28. The number of hydrogen-bond donors (Lipinski definition) is 0. The summed E-state index contributed by atoms with van der Waals surface area (Å²) in [5, 5.41) is 1.15. The highest BCUT2D eigenvalue weighted by atomic mass is 32.1. The van der Waals surface area contributed by atoms with Crippen molar-refractivity contribution in [1.29, 1.82) is 0 Å². The molecule has 0 aliphatic carbocycles. The van der Waals surface area contributed by atoms with Crippen LogP contribution in [0.1, 0.15) is 0 Å². The maximum atomic E-state index is 5.19. The molecule has 0 N–H and O–H groups in total. The summed E-state index contributed by atoms with van der Waals surface area (Å²) in [6.07, 6.45) is 0. The van der Waals surface area contributed by atoms with Crippen LogP contribution in [0.25, 0.3) is 88.0 Å². The Labute approximate surface area is 288 Å². The summed E-state index contributed by atoms with van der Waals surface area (Å²) in [6, 6.07) is 58.5. The molecule has 4 nitrogen and oxygen atoms in total.